The Balaban J connectivity index is 0.000000913. The minimum Gasteiger partial charge on any atom is -0.483 e. The van der Waals surface area contributed by atoms with Gasteiger partial charge in [0, 0.05) is 28.6 Å². The van der Waals surface area contributed by atoms with E-state index in [0.717, 1.165) is 5.56 Å². The molecule has 10 heteroatoms. The van der Waals surface area contributed by atoms with Crippen molar-refractivity contribution >= 4 is 18.1 Å². The van der Waals surface area contributed by atoms with Crippen LogP contribution in [-0.4, -0.2) is 42.7 Å². The smallest absolute Gasteiger partial charge is 0.290 e. The monoisotopic (exact) mass is 432 g/mol. The summed E-state index contributed by atoms with van der Waals surface area (Å²) in [6, 6.07) is 17.7. The highest BCUT2D eigenvalue weighted by atomic mass is 16.3. The van der Waals surface area contributed by atoms with Crippen molar-refractivity contribution in [2.24, 2.45) is 0 Å². The maximum absolute atomic E-state index is 12.7. The number of nitrogens with zero attached hydrogens (tertiary/aromatic N) is 4. The molecule has 0 spiro atoms. The molecule has 32 heavy (non-hydrogen) atoms. The van der Waals surface area contributed by atoms with Crippen LogP contribution in [0.15, 0.2) is 71.7 Å². The standard InChI is InChI=1S/C21H18N6O2.CH2O2/c1-2-27-25-19(24-26-27)15-7-4-9-17(13-15)23-20(28)16-8-3-6-14(12-16)18-10-5-11-22-21(18)29;2-1-3/h3-13H,2H2,1H3,(H,22,29)(H,23,28);1H,(H,2,3). The van der Waals surface area contributed by atoms with Crippen LogP contribution >= 0.6 is 0 Å². The van der Waals surface area contributed by atoms with E-state index in [0.29, 0.717) is 34.7 Å². The Morgan fingerprint density at radius 3 is 2.59 bits per heavy atom. The molecule has 2 aromatic heterocycles. The van der Waals surface area contributed by atoms with Gasteiger partial charge in [0.25, 0.3) is 17.9 Å². The predicted molar refractivity (Wildman–Crippen MR) is 118 cm³/mol. The van der Waals surface area contributed by atoms with Crippen molar-refractivity contribution in [1.29, 1.82) is 0 Å². The highest BCUT2D eigenvalue weighted by Gasteiger charge is 2.11. The molecule has 0 saturated carbocycles. The molecule has 0 bridgehead atoms. The summed E-state index contributed by atoms with van der Waals surface area (Å²) >= 11 is 0. The second-order valence-corrected chi connectivity index (χ2v) is 6.44. The number of nitrogens with one attached hydrogen (secondary N) is 2. The molecule has 0 atom stereocenters. The number of anilines is 1. The van der Waals surface area contributed by atoms with Crippen LogP contribution in [0.2, 0.25) is 0 Å². The van der Waals surface area contributed by atoms with Gasteiger partial charge in [-0.15, -0.1) is 10.2 Å². The highest BCUT2D eigenvalue weighted by Crippen LogP contribution is 2.21. The van der Waals surface area contributed by atoms with Gasteiger partial charge in [0.05, 0.1) is 6.54 Å². The molecule has 2 aromatic carbocycles. The van der Waals surface area contributed by atoms with Gasteiger partial charge in [0.2, 0.25) is 5.82 Å². The zero-order valence-electron chi connectivity index (χ0n) is 17.1. The molecule has 162 valence electrons. The number of pyridine rings is 1. The number of carbonyl (C=O) groups excluding carboxylic acids is 1. The van der Waals surface area contributed by atoms with Gasteiger partial charge in [-0.1, -0.05) is 24.3 Å². The summed E-state index contributed by atoms with van der Waals surface area (Å²) in [6.07, 6.45) is 1.57. The van der Waals surface area contributed by atoms with Crippen LogP contribution in [0.3, 0.4) is 0 Å². The molecule has 10 nitrogen and oxygen atoms in total. The number of benzene rings is 2. The Hall–Kier alpha value is -4.60. The number of tetrazole rings is 1. The first-order valence-corrected chi connectivity index (χ1v) is 9.61. The molecular formula is C22H20N6O4. The Bertz CT molecular complexity index is 1280. The van der Waals surface area contributed by atoms with Crippen LogP contribution in [0.1, 0.15) is 17.3 Å². The van der Waals surface area contributed by atoms with Gasteiger partial charge in [0.1, 0.15) is 0 Å². The summed E-state index contributed by atoms with van der Waals surface area (Å²) in [5.74, 6) is 0.217. The molecule has 0 radical (unpaired) electrons. The fraction of sp³-hybridized carbons (Fsp3) is 0.0909. The minimum absolute atomic E-state index is 0.203. The van der Waals surface area contributed by atoms with Gasteiger partial charge in [0.15, 0.2) is 0 Å². The number of rotatable bonds is 5. The topological polar surface area (TPSA) is 143 Å². The number of hydrogen-bond donors (Lipinski definition) is 3. The van der Waals surface area contributed by atoms with Crippen molar-refractivity contribution in [2.75, 3.05) is 5.32 Å². The van der Waals surface area contributed by atoms with Crippen molar-refractivity contribution < 1.29 is 14.7 Å². The number of carbonyl (C=O) groups is 2. The summed E-state index contributed by atoms with van der Waals surface area (Å²) in [7, 11) is 0. The number of aryl methyl sites for hydroxylation is 1. The lowest BCUT2D eigenvalue weighted by Crippen LogP contribution is -2.12. The van der Waals surface area contributed by atoms with Crippen LogP contribution in [0.4, 0.5) is 5.69 Å². The molecular weight excluding hydrogens is 412 g/mol. The summed E-state index contributed by atoms with van der Waals surface area (Å²) in [5, 5.41) is 22.0. The highest BCUT2D eigenvalue weighted by molar-refractivity contribution is 6.05. The maximum atomic E-state index is 12.7. The lowest BCUT2D eigenvalue weighted by Gasteiger charge is -2.08. The van der Waals surface area contributed by atoms with Crippen molar-refractivity contribution in [1.82, 2.24) is 25.2 Å². The fourth-order valence-corrected chi connectivity index (χ4v) is 2.91. The number of aromatic amines is 1. The summed E-state index contributed by atoms with van der Waals surface area (Å²) in [6.45, 7) is 2.31. The quantitative estimate of drug-likeness (QED) is 0.411. The average Bonchev–Trinajstić information content (AvgIpc) is 3.30. The van der Waals surface area contributed by atoms with Gasteiger partial charge in [-0.05, 0) is 54.1 Å². The van der Waals surface area contributed by atoms with Crippen LogP contribution < -0.4 is 10.9 Å². The predicted octanol–water partition coefficient (Wildman–Crippen LogP) is 2.67. The normalized spacial score (nSPS) is 10.0. The zero-order valence-corrected chi connectivity index (χ0v) is 17.1. The molecule has 0 aliphatic heterocycles. The molecule has 0 saturated heterocycles. The molecule has 0 aliphatic carbocycles. The number of hydrogen-bond acceptors (Lipinski definition) is 6. The van der Waals surface area contributed by atoms with E-state index >= 15 is 0 Å². The van der Waals surface area contributed by atoms with E-state index in [1.165, 1.54) is 4.80 Å². The molecule has 2 heterocycles. The van der Waals surface area contributed by atoms with Gasteiger partial charge < -0.3 is 15.4 Å². The molecule has 1 amide bonds. The average molecular weight is 432 g/mol. The first-order chi connectivity index (χ1) is 15.5. The Labute approximate surface area is 182 Å². The van der Waals surface area contributed by atoms with E-state index in [2.05, 4.69) is 25.7 Å². The van der Waals surface area contributed by atoms with Gasteiger partial charge in [-0.3, -0.25) is 14.4 Å². The SMILES string of the molecule is CCn1nnc(-c2cccc(NC(=O)c3cccc(-c4ccc[nH]c4=O)c3)c2)n1.O=CO. The summed E-state index contributed by atoms with van der Waals surface area (Å²) < 4.78 is 0. The molecule has 0 fully saturated rings. The second kappa shape index (κ2) is 10.4. The lowest BCUT2D eigenvalue weighted by atomic mass is 10.0. The zero-order chi connectivity index (χ0) is 22.9. The molecule has 4 aromatic rings. The van der Waals surface area contributed by atoms with Gasteiger partial charge in [-0.25, -0.2) is 0 Å². The molecule has 0 aliphatic rings. The van der Waals surface area contributed by atoms with Crippen LogP contribution in [0.5, 0.6) is 0 Å². The third-order valence-corrected chi connectivity index (χ3v) is 4.37. The Morgan fingerprint density at radius 2 is 1.88 bits per heavy atom. The minimum atomic E-state index is -0.276. The summed E-state index contributed by atoms with van der Waals surface area (Å²) in [4.78, 5) is 37.2. The third-order valence-electron chi connectivity index (χ3n) is 4.37. The van der Waals surface area contributed by atoms with Crippen molar-refractivity contribution in [2.45, 2.75) is 13.5 Å². The largest absolute Gasteiger partial charge is 0.483 e. The first kappa shape index (κ1) is 22.1. The first-order valence-electron chi connectivity index (χ1n) is 9.61. The van der Waals surface area contributed by atoms with E-state index in [1.807, 2.05) is 19.1 Å². The van der Waals surface area contributed by atoms with Crippen LogP contribution in [-0.2, 0) is 11.3 Å². The number of aromatic nitrogens is 5. The van der Waals surface area contributed by atoms with Gasteiger partial charge in [-0.2, -0.15) is 4.80 Å². The van der Waals surface area contributed by atoms with Crippen molar-refractivity contribution in [3.8, 4) is 22.5 Å². The third kappa shape index (κ3) is 5.30. The van der Waals surface area contributed by atoms with Crippen molar-refractivity contribution in [3.63, 3.8) is 0 Å². The van der Waals surface area contributed by atoms with Crippen LogP contribution in [0.25, 0.3) is 22.5 Å². The molecule has 4 rings (SSSR count). The van der Waals surface area contributed by atoms with E-state index < -0.39 is 0 Å². The maximum Gasteiger partial charge on any atom is 0.290 e. The van der Waals surface area contributed by atoms with E-state index in [-0.39, 0.29) is 17.9 Å². The number of carboxylic acid groups (broad SMARTS) is 1. The summed E-state index contributed by atoms with van der Waals surface area (Å²) in [5.41, 5.74) is 2.80. The van der Waals surface area contributed by atoms with Crippen molar-refractivity contribution in [3.05, 3.63) is 82.8 Å². The fourth-order valence-electron chi connectivity index (χ4n) is 2.91. The molecule has 0 unspecified atom stereocenters. The Kier molecular flexibility index (Phi) is 7.20. The number of H-pyrrole nitrogens is 1. The van der Waals surface area contributed by atoms with E-state index in [4.69, 9.17) is 9.90 Å². The van der Waals surface area contributed by atoms with E-state index in [1.54, 1.807) is 54.7 Å². The molecule has 3 N–H and O–H groups in total. The second-order valence-electron chi connectivity index (χ2n) is 6.44. The number of amides is 1. The van der Waals surface area contributed by atoms with E-state index in [9.17, 15) is 9.59 Å². The lowest BCUT2D eigenvalue weighted by molar-refractivity contribution is -0.122. The Morgan fingerprint density at radius 1 is 1.12 bits per heavy atom. The van der Waals surface area contributed by atoms with Crippen LogP contribution in [0, 0.1) is 0 Å². The van der Waals surface area contributed by atoms with Gasteiger partial charge >= 0.3 is 0 Å².